The molecule has 2 rings (SSSR count). The summed E-state index contributed by atoms with van der Waals surface area (Å²) in [6, 6.07) is 5.06. The van der Waals surface area contributed by atoms with E-state index in [2.05, 4.69) is 11.8 Å². The van der Waals surface area contributed by atoms with Gasteiger partial charge in [-0.2, -0.15) is 0 Å². The van der Waals surface area contributed by atoms with E-state index in [4.69, 9.17) is 0 Å². The lowest BCUT2D eigenvalue weighted by atomic mass is 10.0. The fraction of sp³-hybridized carbons (Fsp3) is 0.467. The van der Waals surface area contributed by atoms with Crippen molar-refractivity contribution in [3.8, 4) is 11.8 Å². The third-order valence-corrected chi connectivity index (χ3v) is 3.07. The maximum atomic E-state index is 12.8. The van der Waals surface area contributed by atoms with Crippen molar-refractivity contribution in [2.24, 2.45) is 5.92 Å². The Labute approximate surface area is 101 Å². The number of benzene rings is 1. The van der Waals surface area contributed by atoms with Crippen molar-refractivity contribution in [2.45, 2.75) is 39.0 Å². The van der Waals surface area contributed by atoms with Gasteiger partial charge in [-0.25, -0.2) is 8.78 Å². The Morgan fingerprint density at radius 1 is 1.35 bits per heavy atom. The highest BCUT2D eigenvalue weighted by atomic mass is 19.3. The molecule has 0 spiro atoms. The molecule has 1 saturated carbocycles. The predicted octanol–water partition coefficient (Wildman–Crippen LogP) is 4.34. The second kappa shape index (κ2) is 5.31. The summed E-state index contributed by atoms with van der Waals surface area (Å²) in [6.07, 6.45) is 1.74. The van der Waals surface area contributed by atoms with Gasteiger partial charge in [0.1, 0.15) is 0 Å². The third kappa shape index (κ3) is 3.30. The summed E-state index contributed by atoms with van der Waals surface area (Å²) in [5, 5.41) is 0. The molecule has 0 amide bonds. The lowest BCUT2D eigenvalue weighted by Crippen LogP contribution is -1.93. The highest BCUT2D eigenvalue weighted by molar-refractivity contribution is 5.44. The van der Waals surface area contributed by atoms with Crippen LogP contribution in [0.4, 0.5) is 8.78 Å². The molecule has 1 aliphatic rings. The zero-order valence-electron chi connectivity index (χ0n) is 9.97. The number of alkyl halides is 2. The lowest BCUT2D eigenvalue weighted by Gasteiger charge is -2.05. The molecule has 0 unspecified atom stereocenters. The van der Waals surface area contributed by atoms with E-state index >= 15 is 0 Å². The largest absolute Gasteiger partial charge is 0.265 e. The molecule has 0 nitrogen and oxygen atoms in total. The van der Waals surface area contributed by atoms with Crippen LogP contribution in [0, 0.1) is 17.8 Å². The summed E-state index contributed by atoms with van der Waals surface area (Å²) in [5.41, 5.74) is 1.62. The first-order valence-corrected chi connectivity index (χ1v) is 6.10. The van der Waals surface area contributed by atoms with Crippen LogP contribution in [0.1, 0.15) is 49.3 Å². The molecule has 0 N–H and O–H groups in total. The molecule has 0 bridgehead atoms. The minimum absolute atomic E-state index is 0.0606. The van der Waals surface area contributed by atoms with Gasteiger partial charge in [0.15, 0.2) is 0 Å². The number of hydrogen-bond acceptors (Lipinski definition) is 0. The van der Waals surface area contributed by atoms with Crippen molar-refractivity contribution in [3.63, 3.8) is 0 Å². The van der Waals surface area contributed by atoms with Crippen molar-refractivity contribution in [1.82, 2.24) is 0 Å². The zero-order chi connectivity index (χ0) is 12.3. The molecule has 17 heavy (non-hydrogen) atoms. The summed E-state index contributed by atoms with van der Waals surface area (Å²) in [5.74, 6) is 6.65. The van der Waals surface area contributed by atoms with Crippen LogP contribution in [-0.2, 0) is 6.42 Å². The summed E-state index contributed by atoms with van der Waals surface area (Å²) < 4.78 is 25.6. The second-order valence-corrected chi connectivity index (χ2v) is 4.53. The summed E-state index contributed by atoms with van der Waals surface area (Å²) in [4.78, 5) is 0. The van der Waals surface area contributed by atoms with Gasteiger partial charge in [-0.15, -0.1) is 0 Å². The smallest absolute Gasteiger partial charge is 0.205 e. The van der Waals surface area contributed by atoms with Crippen LogP contribution in [0.2, 0.25) is 0 Å². The fourth-order valence-electron chi connectivity index (χ4n) is 1.73. The first-order valence-electron chi connectivity index (χ1n) is 6.10. The lowest BCUT2D eigenvalue weighted by molar-refractivity contribution is 0.151. The summed E-state index contributed by atoms with van der Waals surface area (Å²) >= 11 is 0. The van der Waals surface area contributed by atoms with Crippen LogP contribution in [-0.4, -0.2) is 0 Å². The fourth-order valence-corrected chi connectivity index (χ4v) is 1.73. The van der Waals surface area contributed by atoms with Crippen LogP contribution in [0.25, 0.3) is 0 Å². The monoisotopic (exact) mass is 234 g/mol. The van der Waals surface area contributed by atoms with Gasteiger partial charge in [-0.05, 0) is 36.8 Å². The minimum atomic E-state index is -2.44. The first-order chi connectivity index (χ1) is 8.20. The first kappa shape index (κ1) is 12.1. The molecule has 1 aliphatic carbocycles. The molecule has 0 heterocycles. The molecule has 1 fully saturated rings. The van der Waals surface area contributed by atoms with Crippen LogP contribution < -0.4 is 0 Å². The van der Waals surface area contributed by atoms with Gasteiger partial charge < -0.3 is 0 Å². The molecule has 1 aromatic carbocycles. The number of rotatable bonds is 3. The van der Waals surface area contributed by atoms with Gasteiger partial charge in [0.05, 0.1) is 0 Å². The van der Waals surface area contributed by atoms with E-state index in [0.29, 0.717) is 11.5 Å². The second-order valence-electron chi connectivity index (χ2n) is 4.53. The normalized spacial score (nSPS) is 14.6. The van der Waals surface area contributed by atoms with Gasteiger partial charge >= 0.3 is 0 Å². The van der Waals surface area contributed by atoms with Crippen molar-refractivity contribution >= 4 is 0 Å². The maximum absolute atomic E-state index is 12.8. The van der Waals surface area contributed by atoms with E-state index < -0.39 is 6.43 Å². The number of aryl methyl sites for hydroxylation is 1. The van der Waals surface area contributed by atoms with E-state index in [1.165, 1.54) is 18.9 Å². The topological polar surface area (TPSA) is 0 Å². The molecule has 1 aromatic rings. The van der Waals surface area contributed by atoms with Crippen molar-refractivity contribution < 1.29 is 8.78 Å². The molecule has 0 aromatic heterocycles. The van der Waals surface area contributed by atoms with Crippen LogP contribution in [0.15, 0.2) is 18.2 Å². The van der Waals surface area contributed by atoms with Crippen LogP contribution >= 0.6 is 0 Å². The van der Waals surface area contributed by atoms with E-state index in [0.717, 1.165) is 18.4 Å². The SMILES string of the molecule is CCc1ccc(C(F)F)c(C#CCC2CC2)c1. The molecule has 90 valence electrons. The van der Waals surface area contributed by atoms with E-state index in [1.54, 1.807) is 12.1 Å². The molecule has 0 atom stereocenters. The minimum Gasteiger partial charge on any atom is -0.205 e. The number of hydrogen-bond donors (Lipinski definition) is 0. The highest BCUT2D eigenvalue weighted by Crippen LogP contribution is 2.31. The Balaban J connectivity index is 2.22. The molecule has 2 heteroatoms. The maximum Gasteiger partial charge on any atom is 0.265 e. The Morgan fingerprint density at radius 3 is 2.71 bits per heavy atom. The van der Waals surface area contributed by atoms with Crippen molar-refractivity contribution in [3.05, 3.63) is 34.9 Å². The number of halogens is 2. The van der Waals surface area contributed by atoms with E-state index in [9.17, 15) is 8.78 Å². The molecule has 0 saturated heterocycles. The Kier molecular flexibility index (Phi) is 3.78. The van der Waals surface area contributed by atoms with Crippen molar-refractivity contribution in [1.29, 1.82) is 0 Å². The predicted molar refractivity (Wildman–Crippen MR) is 65.0 cm³/mol. The third-order valence-electron chi connectivity index (χ3n) is 3.07. The van der Waals surface area contributed by atoms with E-state index in [-0.39, 0.29) is 5.56 Å². The van der Waals surface area contributed by atoms with Gasteiger partial charge in [0, 0.05) is 17.5 Å². The van der Waals surface area contributed by atoms with Crippen LogP contribution in [0.3, 0.4) is 0 Å². The Hall–Kier alpha value is -1.36. The molecular weight excluding hydrogens is 218 g/mol. The quantitative estimate of drug-likeness (QED) is 0.682. The van der Waals surface area contributed by atoms with Crippen LogP contribution in [0.5, 0.6) is 0 Å². The average Bonchev–Trinajstić information content (AvgIpc) is 3.12. The Morgan fingerprint density at radius 2 is 2.12 bits per heavy atom. The summed E-state index contributed by atoms with van der Waals surface area (Å²) in [6.45, 7) is 2.01. The standard InChI is InChI=1S/C15H16F2/c1-2-11-8-9-14(15(16)17)13(10-11)5-3-4-12-6-7-12/h8-10,12,15H,2,4,6-7H2,1H3. The molecular formula is C15H16F2. The average molecular weight is 234 g/mol. The summed E-state index contributed by atoms with van der Waals surface area (Å²) in [7, 11) is 0. The van der Waals surface area contributed by atoms with Gasteiger partial charge in [0.2, 0.25) is 0 Å². The van der Waals surface area contributed by atoms with Gasteiger partial charge in [-0.3, -0.25) is 0 Å². The van der Waals surface area contributed by atoms with Gasteiger partial charge in [-0.1, -0.05) is 30.9 Å². The molecule has 0 aliphatic heterocycles. The highest BCUT2D eigenvalue weighted by Gasteiger charge is 2.19. The Bertz CT molecular complexity index is 448. The van der Waals surface area contributed by atoms with E-state index in [1.807, 2.05) is 6.92 Å². The van der Waals surface area contributed by atoms with Crippen molar-refractivity contribution in [2.75, 3.05) is 0 Å². The van der Waals surface area contributed by atoms with Gasteiger partial charge in [0.25, 0.3) is 6.43 Å². The zero-order valence-corrected chi connectivity index (χ0v) is 9.97. The molecule has 0 radical (unpaired) electrons.